The summed E-state index contributed by atoms with van der Waals surface area (Å²) in [6.07, 6.45) is 2.22. The highest BCUT2D eigenvalue weighted by atomic mass is 16.5. The van der Waals surface area contributed by atoms with Crippen LogP contribution in [0.1, 0.15) is 19.8 Å². The minimum Gasteiger partial charge on any atom is -0.494 e. The first-order valence-electron chi connectivity index (χ1n) is 7.40. The van der Waals surface area contributed by atoms with Gasteiger partial charge < -0.3 is 14.6 Å². The summed E-state index contributed by atoms with van der Waals surface area (Å²) in [5.41, 5.74) is 2.28. The van der Waals surface area contributed by atoms with Gasteiger partial charge >= 0.3 is 0 Å². The number of rotatable bonds is 8. The van der Waals surface area contributed by atoms with Crippen LogP contribution in [0.5, 0.6) is 11.5 Å². The minimum absolute atomic E-state index is 0.0290. The van der Waals surface area contributed by atoms with Crippen molar-refractivity contribution in [1.29, 1.82) is 0 Å². The molecule has 0 unspecified atom stereocenters. The van der Waals surface area contributed by atoms with Gasteiger partial charge in [-0.05, 0) is 41.8 Å². The largest absolute Gasteiger partial charge is 0.494 e. The van der Waals surface area contributed by atoms with Crippen molar-refractivity contribution in [3.8, 4) is 22.6 Å². The Labute approximate surface area is 126 Å². The number of benzene rings is 2. The number of hydrogen-bond acceptors (Lipinski definition) is 3. The van der Waals surface area contributed by atoms with Gasteiger partial charge in [0.1, 0.15) is 18.1 Å². The molecule has 2 aromatic rings. The van der Waals surface area contributed by atoms with Crippen LogP contribution in [-0.4, -0.2) is 24.9 Å². The maximum atomic E-state index is 8.73. The van der Waals surface area contributed by atoms with E-state index >= 15 is 0 Å². The molecule has 0 aliphatic heterocycles. The molecular weight excluding hydrogens is 264 g/mol. The zero-order chi connectivity index (χ0) is 14.9. The van der Waals surface area contributed by atoms with Gasteiger partial charge in [-0.3, -0.25) is 0 Å². The van der Waals surface area contributed by atoms with Crippen LogP contribution < -0.4 is 9.47 Å². The van der Waals surface area contributed by atoms with E-state index in [1.54, 1.807) is 0 Å². The van der Waals surface area contributed by atoms with Crippen LogP contribution in [0.3, 0.4) is 0 Å². The van der Waals surface area contributed by atoms with Crippen molar-refractivity contribution in [2.45, 2.75) is 19.8 Å². The lowest BCUT2D eigenvalue weighted by Crippen LogP contribution is -2.01. The van der Waals surface area contributed by atoms with Crippen LogP contribution in [-0.2, 0) is 0 Å². The summed E-state index contributed by atoms with van der Waals surface area (Å²) in [4.78, 5) is 0. The molecule has 0 saturated carbocycles. The Morgan fingerprint density at radius 2 is 1.24 bits per heavy atom. The summed E-state index contributed by atoms with van der Waals surface area (Å²) in [5, 5.41) is 8.73. The summed E-state index contributed by atoms with van der Waals surface area (Å²) in [7, 11) is 0. The smallest absolute Gasteiger partial charge is 0.119 e. The van der Waals surface area contributed by atoms with E-state index in [-0.39, 0.29) is 6.61 Å². The lowest BCUT2D eigenvalue weighted by molar-refractivity contribution is 0.201. The fourth-order valence-electron chi connectivity index (χ4n) is 1.99. The molecule has 2 aromatic carbocycles. The van der Waals surface area contributed by atoms with Crippen molar-refractivity contribution in [2.24, 2.45) is 0 Å². The average molecular weight is 286 g/mol. The molecule has 0 fully saturated rings. The number of hydrogen-bond donors (Lipinski definition) is 1. The first-order chi connectivity index (χ1) is 10.3. The van der Waals surface area contributed by atoms with E-state index in [9.17, 15) is 0 Å². The van der Waals surface area contributed by atoms with E-state index in [2.05, 4.69) is 19.1 Å². The fourth-order valence-corrected chi connectivity index (χ4v) is 1.99. The quantitative estimate of drug-likeness (QED) is 0.748. The van der Waals surface area contributed by atoms with E-state index in [1.807, 2.05) is 36.4 Å². The Balaban J connectivity index is 1.97. The molecule has 0 amide bonds. The first kappa shape index (κ1) is 15.4. The molecule has 21 heavy (non-hydrogen) atoms. The van der Waals surface area contributed by atoms with E-state index in [0.717, 1.165) is 42.1 Å². The van der Waals surface area contributed by atoms with Gasteiger partial charge in [-0.15, -0.1) is 0 Å². The molecule has 3 heteroatoms. The van der Waals surface area contributed by atoms with Gasteiger partial charge in [0.2, 0.25) is 0 Å². The highest BCUT2D eigenvalue weighted by Gasteiger charge is 2.00. The normalized spacial score (nSPS) is 10.4. The third-order valence-electron chi connectivity index (χ3n) is 3.17. The molecule has 0 aliphatic carbocycles. The summed E-state index contributed by atoms with van der Waals surface area (Å²) in [6, 6.07) is 16.0. The van der Waals surface area contributed by atoms with Crippen LogP contribution in [0.25, 0.3) is 11.1 Å². The lowest BCUT2D eigenvalue weighted by Gasteiger charge is -2.08. The first-order valence-corrected chi connectivity index (χ1v) is 7.40. The molecule has 2 rings (SSSR count). The molecule has 0 aliphatic rings. The van der Waals surface area contributed by atoms with Crippen molar-refractivity contribution in [1.82, 2.24) is 0 Å². The van der Waals surface area contributed by atoms with E-state index in [4.69, 9.17) is 14.6 Å². The molecule has 3 nitrogen and oxygen atoms in total. The van der Waals surface area contributed by atoms with Gasteiger partial charge in [0, 0.05) is 0 Å². The molecule has 0 saturated heterocycles. The topological polar surface area (TPSA) is 38.7 Å². The number of ether oxygens (including phenoxy) is 2. The molecule has 0 atom stereocenters. The Kier molecular flexibility index (Phi) is 6.10. The van der Waals surface area contributed by atoms with Crippen LogP contribution in [0.15, 0.2) is 48.5 Å². The van der Waals surface area contributed by atoms with Crippen molar-refractivity contribution >= 4 is 0 Å². The zero-order valence-electron chi connectivity index (χ0n) is 12.4. The van der Waals surface area contributed by atoms with Crippen molar-refractivity contribution in [2.75, 3.05) is 19.8 Å². The molecule has 0 aromatic heterocycles. The molecule has 0 radical (unpaired) electrons. The summed E-state index contributed by atoms with van der Waals surface area (Å²) in [5.74, 6) is 1.68. The average Bonchev–Trinajstić information content (AvgIpc) is 2.54. The predicted octanol–water partition coefficient (Wildman–Crippen LogP) is 3.90. The predicted molar refractivity (Wildman–Crippen MR) is 84.9 cm³/mol. The maximum absolute atomic E-state index is 8.73. The second kappa shape index (κ2) is 8.32. The van der Waals surface area contributed by atoms with Crippen LogP contribution in [0.4, 0.5) is 0 Å². The standard InChI is InChI=1S/C18H22O3/c1-2-3-13-20-17-8-4-15(5-9-17)16-6-10-18(11-7-16)21-14-12-19/h4-11,19H,2-3,12-14H2,1H3. The second-order valence-corrected chi connectivity index (χ2v) is 4.82. The van der Waals surface area contributed by atoms with E-state index in [0.29, 0.717) is 6.61 Å². The fraction of sp³-hybridized carbons (Fsp3) is 0.333. The van der Waals surface area contributed by atoms with Crippen molar-refractivity contribution in [3.63, 3.8) is 0 Å². The van der Waals surface area contributed by atoms with Gasteiger partial charge in [0.05, 0.1) is 13.2 Å². The van der Waals surface area contributed by atoms with Gasteiger partial charge in [-0.25, -0.2) is 0 Å². The van der Waals surface area contributed by atoms with Gasteiger partial charge in [-0.2, -0.15) is 0 Å². The van der Waals surface area contributed by atoms with Crippen molar-refractivity contribution in [3.05, 3.63) is 48.5 Å². The molecule has 112 valence electrons. The third-order valence-corrected chi connectivity index (χ3v) is 3.17. The Morgan fingerprint density at radius 1 is 0.762 bits per heavy atom. The molecule has 1 N–H and O–H groups in total. The SMILES string of the molecule is CCCCOc1ccc(-c2ccc(OCCO)cc2)cc1. The van der Waals surface area contributed by atoms with E-state index < -0.39 is 0 Å². The van der Waals surface area contributed by atoms with Gasteiger partial charge in [0.15, 0.2) is 0 Å². The summed E-state index contributed by atoms with van der Waals surface area (Å²) in [6.45, 7) is 3.28. The van der Waals surface area contributed by atoms with Crippen LogP contribution in [0, 0.1) is 0 Å². The highest BCUT2D eigenvalue weighted by molar-refractivity contribution is 5.64. The number of aliphatic hydroxyl groups is 1. The van der Waals surface area contributed by atoms with Crippen molar-refractivity contribution < 1.29 is 14.6 Å². The summed E-state index contributed by atoms with van der Waals surface area (Å²) < 4.78 is 11.0. The monoisotopic (exact) mass is 286 g/mol. The van der Waals surface area contributed by atoms with E-state index in [1.165, 1.54) is 0 Å². The third kappa shape index (κ3) is 4.80. The molecule has 0 heterocycles. The minimum atomic E-state index is 0.0290. The van der Waals surface area contributed by atoms with Crippen LogP contribution in [0.2, 0.25) is 0 Å². The molecule has 0 spiro atoms. The molecule has 0 bridgehead atoms. The van der Waals surface area contributed by atoms with Gasteiger partial charge in [0.25, 0.3) is 0 Å². The Bertz CT molecular complexity index is 517. The summed E-state index contributed by atoms with van der Waals surface area (Å²) >= 11 is 0. The Hall–Kier alpha value is -2.00. The number of aliphatic hydroxyl groups excluding tert-OH is 1. The maximum Gasteiger partial charge on any atom is 0.119 e. The lowest BCUT2D eigenvalue weighted by atomic mass is 10.1. The molecular formula is C18H22O3. The van der Waals surface area contributed by atoms with Gasteiger partial charge in [-0.1, -0.05) is 37.6 Å². The highest BCUT2D eigenvalue weighted by Crippen LogP contribution is 2.24. The zero-order valence-corrected chi connectivity index (χ0v) is 12.4. The van der Waals surface area contributed by atoms with Crippen LogP contribution >= 0.6 is 0 Å². The Morgan fingerprint density at radius 3 is 1.67 bits per heavy atom. The second-order valence-electron chi connectivity index (χ2n) is 4.82. The number of unbranched alkanes of at least 4 members (excludes halogenated alkanes) is 1.